The number of hydrogen-bond donors (Lipinski definition) is 2. The molecule has 0 radical (unpaired) electrons. The van der Waals surface area contributed by atoms with Crippen molar-refractivity contribution in [3.05, 3.63) is 74.8 Å². The molecule has 114 valence electrons. The lowest BCUT2D eigenvalue weighted by atomic mass is 10.1. The molecule has 5 heteroatoms. The number of carbonyl (C=O) groups is 1. The van der Waals surface area contributed by atoms with Crippen LogP contribution in [0.3, 0.4) is 0 Å². The zero-order chi connectivity index (χ0) is 15.8. The highest BCUT2D eigenvalue weighted by molar-refractivity contribution is 9.10. The molecule has 0 saturated heterocycles. The van der Waals surface area contributed by atoms with Crippen LogP contribution in [-0.4, -0.2) is 12.6 Å². The number of amides is 2. The van der Waals surface area contributed by atoms with Crippen LogP contribution >= 0.6 is 31.9 Å². The molecule has 0 aromatic heterocycles. The van der Waals surface area contributed by atoms with Crippen LogP contribution in [0.4, 0.5) is 4.79 Å². The molecule has 22 heavy (non-hydrogen) atoms. The van der Waals surface area contributed by atoms with Gasteiger partial charge in [0, 0.05) is 21.7 Å². The molecule has 2 amide bonds. The van der Waals surface area contributed by atoms with Gasteiger partial charge in [0.2, 0.25) is 0 Å². The summed E-state index contributed by atoms with van der Waals surface area (Å²) in [4.78, 5) is 11.7. The smallest absolute Gasteiger partial charge is 0.318 e. The maximum Gasteiger partial charge on any atom is 0.318 e. The second-order valence-electron chi connectivity index (χ2n) is 4.67. The van der Waals surface area contributed by atoms with Crippen molar-refractivity contribution in [1.82, 2.24) is 10.6 Å². The monoisotopic (exact) mass is 422 g/mol. The highest BCUT2D eigenvalue weighted by atomic mass is 79.9. The van der Waals surface area contributed by atoms with E-state index in [1.807, 2.05) is 54.6 Å². The van der Waals surface area contributed by atoms with Gasteiger partial charge >= 0.3 is 6.03 Å². The third kappa shape index (κ3) is 6.03. The minimum absolute atomic E-state index is 0.205. The van der Waals surface area contributed by atoms with Crippen molar-refractivity contribution in [2.24, 2.45) is 0 Å². The van der Waals surface area contributed by atoms with E-state index in [-0.39, 0.29) is 6.03 Å². The van der Waals surface area contributed by atoms with Gasteiger partial charge in [0.1, 0.15) is 0 Å². The van der Waals surface area contributed by atoms with Crippen LogP contribution in [0.15, 0.2) is 63.7 Å². The highest BCUT2D eigenvalue weighted by Crippen LogP contribution is 2.12. The molecule has 2 N–H and O–H groups in total. The van der Waals surface area contributed by atoms with Gasteiger partial charge < -0.3 is 10.6 Å². The fourth-order valence-electron chi connectivity index (χ4n) is 1.85. The summed E-state index contributed by atoms with van der Waals surface area (Å²) >= 11 is 6.81. The normalized spacial score (nSPS) is 10.6. The molecule has 2 rings (SSSR count). The Morgan fingerprint density at radius 2 is 1.82 bits per heavy atom. The predicted molar refractivity (Wildman–Crippen MR) is 97.6 cm³/mol. The fraction of sp³-hybridized carbons (Fsp3) is 0.118. The van der Waals surface area contributed by atoms with Crippen LogP contribution in [0.5, 0.6) is 0 Å². The molecular weight excluding hydrogens is 408 g/mol. The number of urea groups is 1. The molecule has 2 aromatic carbocycles. The molecule has 0 spiro atoms. The van der Waals surface area contributed by atoms with Crippen molar-refractivity contribution in [1.29, 1.82) is 0 Å². The van der Waals surface area contributed by atoms with Crippen LogP contribution in [0, 0.1) is 0 Å². The standard InChI is InChI=1S/C17H16Br2N2O/c18-15-6-4-13(5-7-15)8-10-20-17(22)21-11-9-14-2-1-3-16(19)12-14/h1-7,9,11-12H,8,10H2,(H2,20,21,22)/b11-9+. The van der Waals surface area contributed by atoms with Gasteiger partial charge in [0.05, 0.1) is 0 Å². The lowest BCUT2D eigenvalue weighted by Gasteiger charge is -2.05. The Kier molecular flexibility index (Phi) is 6.68. The SMILES string of the molecule is O=C(N/C=C/c1cccc(Br)c1)NCCc1ccc(Br)cc1. The summed E-state index contributed by atoms with van der Waals surface area (Å²) < 4.78 is 2.06. The second-order valence-corrected chi connectivity index (χ2v) is 6.50. The number of nitrogens with one attached hydrogen (secondary N) is 2. The first-order valence-corrected chi connectivity index (χ1v) is 8.43. The number of hydrogen-bond acceptors (Lipinski definition) is 1. The Morgan fingerprint density at radius 1 is 1.05 bits per heavy atom. The van der Waals surface area contributed by atoms with Gasteiger partial charge in [-0.1, -0.05) is 56.1 Å². The van der Waals surface area contributed by atoms with Crippen molar-refractivity contribution in [3.63, 3.8) is 0 Å². The fourth-order valence-corrected chi connectivity index (χ4v) is 2.53. The third-order valence-electron chi connectivity index (χ3n) is 2.95. The summed E-state index contributed by atoms with van der Waals surface area (Å²) in [5, 5.41) is 5.51. The van der Waals surface area contributed by atoms with Crippen molar-refractivity contribution < 1.29 is 4.79 Å². The van der Waals surface area contributed by atoms with Gasteiger partial charge in [-0.05, 0) is 47.9 Å². The average molecular weight is 424 g/mol. The van der Waals surface area contributed by atoms with E-state index in [0.29, 0.717) is 6.54 Å². The first-order valence-electron chi connectivity index (χ1n) is 6.84. The topological polar surface area (TPSA) is 41.1 Å². The summed E-state index contributed by atoms with van der Waals surface area (Å²) in [6, 6.07) is 15.7. The molecule has 3 nitrogen and oxygen atoms in total. The highest BCUT2D eigenvalue weighted by Gasteiger charge is 1.98. The number of rotatable bonds is 5. The van der Waals surface area contributed by atoms with Crippen molar-refractivity contribution in [2.75, 3.05) is 6.54 Å². The third-order valence-corrected chi connectivity index (χ3v) is 3.97. The summed E-state index contributed by atoms with van der Waals surface area (Å²) in [6.07, 6.45) is 4.28. The van der Waals surface area contributed by atoms with E-state index in [1.165, 1.54) is 5.56 Å². The Hall–Kier alpha value is -1.59. The molecule has 0 bridgehead atoms. The van der Waals surface area contributed by atoms with E-state index in [1.54, 1.807) is 6.20 Å². The van der Waals surface area contributed by atoms with Crippen molar-refractivity contribution >= 4 is 44.0 Å². The summed E-state index contributed by atoms with van der Waals surface area (Å²) in [5.74, 6) is 0. The molecule has 0 unspecified atom stereocenters. The zero-order valence-corrected chi connectivity index (χ0v) is 15.0. The maximum absolute atomic E-state index is 11.7. The first kappa shape index (κ1) is 16.8. The number of carbonyl (C=O) groups excluding carboxylic acids is 1. The first-order chi connectivity index (χ1) is 10.6. The van der Waals surface area contributed by atoms with E-state index < -0.39 is 0 Å². The minimum Gasteiger partial charge on any atom is -0.338 e. The van der Waals surface area contributed by atoms with E-state index in [0.717, 1.165) is 20.9 Å². The predicted octanol–water partition coefficient (Wildman–Crippen LogP) is 4.72. The summed E-state index contributed by atoms with van der Waals surface area (Å²) in [7, 11) is 0. The second kappa shape index (κ2) is 8.76. The summed E-state index contributed by atoms with van der Waals surface area (Å²) in [5.41, 5.74) is 2.21. The van der Waals surface area contributed by atoms with Gasteiger partial charge in [0.15, 0.2) is 0 Å². The van der Waals surface area contributed by atoms with Crippen molar-refractivity contribution in [3.8, 4) is 0 Å². The van der Waals surface area contributed by atoms with Crippen LogP contribution in [-0.2, 0) is 6.42 Å². The van der Waals surface area contributed by atoms with Gasteiger partial charge in [-0.25, -0.2) is 4.79 Å². The molecule has 0 heterocycles. The average Bonchev–Trinajstić information content (AvgIpc) is 2.49. The lowest BCUT2D eigenvalue weighted by molar-refractivity contribution is 0.244. The molecule has 0 fully saturated rings. The molecule has 0 aliphatic heterocycles. The van der Waals surface area contributed by atoms with Gasteiger partial charge in [0.25, 0.3) is 0 Å². The van der Waals surface area contributed by atoms with Crippen LogP contribution in [0.1, 0.15) is 11.1 Å². The Balaban J connectivity index is 1.70. The maximum atomic E-state index is 11.7. The van der Waals surface area contributed by atoms with E-state index >= 15 is 0 Å². The molecule has 0 aliphatic carbocycles. The van der Waals surface area contributed by atoms with Crippen LogP contribution in [0.2, 0.25) is 0 Å². The largest absolute Gasteiger partial charge is 0.338 e. The number of benzene rings is 2. The quantitative estimate of drug-likeness (QED) is 0.717. The molecule has 0 atom stereocenters. The van der Waals surface area contributed by atoms with Gasteiger partial charge in [-0.2, -0.15) is 0 Å². The molecule has 2 aromatic rings. The molecule has 0 saturated carbocycles. The zero-order valence-electron chi connectivity index (χ0n) is 11.9. The van der Waals surface area contributed by atoms with E-state index in [4.69, 9.17) is 0 Å². The van der Waals surface area contributed by atoms with Gasteiger partial charge in [-0.15, -0.1) is 0 Å². The van der Waals surface area contributed by atoms with Gasteiger partial charge in [-0.3, -0.25) is 0 Å². The Labute approximate surface area is 147 Å². The van der Waals surface area contributed by atoms with Crippen molar-refractivity contribution in [2.45, 2.75) is 6.42 Å². The van der Waals surface area contributed by atoms with Crippen LogP contribution in [0.25, 0.3) is 6.08 Å². The molecule has 0 aliphatic rings. The number of halogens is 2. The summed E-state index contributed by atoms with van der Waals surface area (Å²) in [6.45, 7) is 0.595. The van der Waals surface area contributed by atoms with Crippen LogP contribution < -0.4 is 10.6 Å². The lowest BCUT2D eigenvalue weighted by Crippen LogP contribution is -2.33. The van der Waals surface area contributed by atoms with E-state index in [9.17, 15) is 4.79 Å². The Bertz CT molecular complexity index is 654. The van der Waals surface area contributed by atoms with E-state index in [2.05, 4.69) is 42.5 Å². The molecular formula is C17H16Br2N2O. The minimum atomic E-state index is -0.205. The Morgan fingerprint density at radius 3 is 2.55 bits per heavy atom.